The van der Waals surface area contributed by atoms with Crippen molar-refractivity contribution in [2.24, 2.45) is 0 Å². The summed E-state index contributed by atoms with van der Waals surface area (Å²) < 4.78 is 0. The Balaban J connectivity index is 1.46. The summed E-state index contributed by atoms with van der Waals surface area (Å²) in [6.45, 7) is 4.96. The van der Waals surface area contributed by atoms with Crippen molar-refractivity contribution in [3.63, 3.8) is 0 Å². The van der Waals surface area contributed by atoms with Crippen molar-refractivity contribution in [2.45, 2.75) is 19.3 Å². The van der Waals surface area contributed by atoms with Crippen LogP contribution < -0.4 is 0 Å². The summed E-state index contributed by atoms with van der Waals surface area (Å²) in [4.78, 5) is 38.5. The van der Waals surface area contributed by atoms with Crippen LogP contribution in [0, 0.1) is 0 Å². The van der Waals surface area contributed by atoms with E-state index in [1.807, 2.05) is 4.90 Å². The SMILES string of the molecule is O=C(CN1CCN(C(=O)c2cnccn2)CC1)N1CCCCC1. The lowest BCUT2D eigenvalue weighted by Crippen LogP contribution is -2.52. The molecular weight excluding hydrogens is 294 g/mol. The molecule has 0 radical (unpaired) electrons. The summed E-state index contributed by atoms with van der Waals surface area (Å²) in [7, 11) is 0. The van der Waals surface area contributed by atoms with Crippen LogP contribution in [0.3, 0.4) is 0 Å². The van der Waals surface area contributed by atoms with E-state index in [-0.39, 0.29) is 11.8 Å². The molecule has 3 heterocycles. The van der Waals surface area contributed by atoms with E-state index < -0.39 is 0 Å². The number of hydrogen-bond acceptors (Lipinski definition) is 5. The molecule has 0 aromatic carbocycles. The maximum Gasteiger partial charge on any atom is 0.274 e. The van der Waals surface area contributed by atoms with Crippen molar-refractivity contribution in [3.8, 4) is 0 Å². The molecular formula is C16H23N5O2. The molecule has 0 atom stereocenters. The molecule has 0 N–H and O–H groups in total. The second-order valence-corrected chi connectivity index (χ2v) is 6.10. The van der Waals surface area contributed by atoms with Gasteiger partial charge < -0.3 is 9.80 Å². The van der Waals surface area contributed by atoms with E-state index >= 15 is 0 Å². The van der Waals surface area contributed by atoms with Crippen LogP contribution in [0.4, 0.5) is 0 Å². The Kier molecular flexibility index (Phi) is 5.17. The number of carbonyl (C=O) groups excluding carboxylic acids is 2. The molecule has 124 valence electrons. The van der Waals surface area contributed by atoms with Gasteiger partial charge in [-0.1, -0.05) is 0 Å². The summed E-state index contributed by atoms with van der Waals surface area (Å²) in [6.07, 6.45) is 8.04. The first kappa shape index (κ1) is 15.9. The maximum atomic E-state index is 12.3. The first-order valence-corrected chi connectivity index (χ1v) is 8.29. The predicted molar refractivity (Wildman–Crippen MR) is 84.8 cm³/mol. The normalized spacial score (nSPS) is 19.7. The molecule has 2 saturated heterocycles. The molecule has 7 heteroatoms. The highest BCUT2D eigenvalue weighted by atomic mass is 16.2. The van der Waals surface area contributed by atoms with E-state index in [9.17, 15) is 9.59 Å². The lowest BCUT2D eigenvalue weighted by Gasteiger charge is -2.35. The van der Waals surface area contributed by atoms with Crippen LogP contribution in [0.15, 0.2) is 18.6 Å². The van der Waals surface area contributed by atoms with Gasteiger partial charge in [-0.15, -0.1) is 0 Å². The van der Waals surface area contributed by atoms with E-state index in [4.69, 9.17) is 0 Å². The Morgan fingerprint density at radius 2 is 1.65 bits per heavy atom. The van der Waals surface area contributed by atoms with Crippen molar-refractivity contribution in [3.05, 3.63) is 24.3 Å². The first-order valence-electron chi connectivity index (χ1n) is 8.29. The van der Waals surface area contributed by atoms with Crippen molar-refractivity contribution in [1.82, 2.24) is 24.7 Å². The second kappa shape index (κ2) is 7.50. The van der Waals surface area contributed by atoms with Crippen LogP contribution in [0.25, 0.3) is 0 Å². The third-order valence-electron chi connectivity index (χ3n) is 4.51. The lowest BCUT2D eigenvalue weighted by molar-refractivity contribution is -0.133. The van der Waals surface area contributed by atoms with E-state index in [2.05, 4.69) is 14.9 Å². The molecule has 7 nitrogen and oxygen atoms in total. The molecule has 0 saturated carbocycles. The Labute approximate surface area is 136 Å². The zero-order valence-electron chi connectivity index (χ0n) is 13.4. The molecule has 2 aliphatic heterocycles. The van der Waals surface area contributed by atoms with Gasteiger partial charge in [0, 0.05) is 51.7 Å². The van der Waals surface area contributed by atoms with Crippen LogP contribution in [0.5, 0.6) is 0 Å². The topological polar surface area (TPSA) is 69.6 Å². The molecule has 0 aliphatic carbocycles. The Bertz CT molecular complexity index is 537. The first-order chi connectivity index (χ1) is 11.2. The number of likely N-dealkylation sites (tertiary alicyclic amines) is 1. The van der Waals surface area contributed by atoms with E-state index in [1.165, 1.54) is 18.8 Å². The number of aromatic nitrogens is 2. The van der Waals surface area contributed by atoms with Gasteiger partial charge in [0.25, 0.3) is 5.91 Å². The molecule has 23 heavy (non-hydrogen) atoms. The van der Waals surface area contributed by atoms with Gasteiger partial charge in [-0.2, -0.15) is 0 Å². The van der Waals surface area contributed by atoms with Crippen LogP contribution in [0.1, 0.15) is 29.8 Å². The molecule has 0 bridgehead atoms. The highest BCUT2D eigenvalue weighted by Gasteiger charge is 2.25. The van der Waals surface area contributed by atoms with Crippen LogP contribution in [-0.4, -0.2) is 82.3 Å². The smallest absolute Gasteiger partial charge is 0.274 e. The van der Waals surface area contributed by atoms with Gasteiger partial charge >= 0.3 is 0 Å². The number of amides is 2. The van der Waals surface area contributed by atoms with Gasteiger partial charge in [-0.25, -0.2) is 4.98 Å². The van der Waals surface area contributed by atoms with Crippen molar-refractivity contribution in [2.75, 3.05) is 45.8 Å². The average Bonchev–Trinajstić information content (AvgIpc) is 2.63. The minimum atomic E-state index is -0.0832. The highest BCUT2D eigenvalue weighted by molar-refractivity contribution is 5.92. The highest BCUT2D eigenvalue weighted by Crippen LogP contribution is 2.11. The van der Waals surface area contributed by atoms with E-state index in [0.717, 1.165) is 39.0 Å². The van der Waals surface area contributed by atoms with Crippen molar-refractivity contribution < 1.29 is 9.59 Å². The molecule has 1 aromatic rings. The van der Waals surface area contributed by atoms with E-state index in [0.29, 0.717) is 25.3 Å². The van der Waals surface area contributed by atoms with Crippen molar-refractivity contribution in [1.29, 1.82) is 0 Å². The molecule has 2 fully saturated rings. The zero-order chi connectivity index (χ0) is 16.1. The third kappa shape index (κ3) is 4.04. The summed E-state index contributed by atoms with van der Waals surface area (Å²) in [5, 5.41) is 0. The van der Waals surface area contributed by atoms with Crippen LogP contribution >= 0.6 is 0 Å². The fraction of sp³-hybridized carbons (Fsp3) is 0.625. The number of nitrogens with zero attached hydrogens (tertiary/aromatic N) is 5. The van der Waals surface area contributed by atoms with Gasteiger partial charge in [0.2, 0.25) is 5.91 Å². The standard InChI is InChI=1S/C16H23N5O2/c22-15(20-6-2-1-3-7-20)13-19-8-10-21(11-9-19)16(23)14-12-17-4-5-18-14/h4-5,12H,1-3,6-11,13H2. The van der Waals surface area contributed by atoms with Gasteiger partial charge in [0.15, 0.2) is 0 Å². The third-order valence-corrected chi connectivity index (χ3v) is 4.51. The number of rotatable bonds is 3. The van der Waals surface area contributed by atoms with E-state index in [1.54, 1.807) is 11.1 Å². The van der Waals surface area contributed by atoms with Gasteiger partial charge in [0.05, 0.1) is 12.7 Å². The fourth-order valence-corrected chi connectivity index (χ4v) is 3.12. The number of piperidine rings is 1. The minimum absolute atomic E-state index is 0.0832. The Morgan fingerprint density at radius 1 is 0.913 bits per heavy atom. The number of carbonyl (C=O) groups is 2. The van der Waals surface area contributed by atoms with Crippen molar-refractivity contribution >= 4 is 11.8 Å². The molecule has 1 aromatic heterocycles. The fourth-order valence-electron chi connectivity index (χ4n) is 3.12. The van der Waals surface area contributed by atoms with Crippen LogP contribution in [-0.2, 0) is 4.79 Å². The minimum Gasteiger partial charge on any atom is -0.342 e. The van der Waals surface area contributed by atoms with Gasteiger partial charge in [-0.05, 0) is 19.3 Å². The van der Waals surface area contributed by atoms with Gasteiger partial charge in [-0.3, -0.25) is 19.5 Å². The molecule has 3 rings (SSSR count). The molecule has 0 spiro atoms. The monoisotopic (exact) mass is 317 g/mol. The summed E-state index contributed by atoms with van der Waals surface area (Å²) in [5.74, 6) is 0.138. The predicted octanol–water partition coefficient (Wildman–Crippen LogP) is 0.247. The largest absolute Gasteiger partial charge is 0.342 e. The summed E-state index contributed by atoms with van der Waals surface area (Å²) in [5.41, 5.74) is 0.380. The summed E-state index contributed by atoms with van der Waals surface area (Å²) in [6, 6.07) is 0. The average molecular weight is 317 g/mol. The Hall–Kier alpha value is -2.02. The molecule has 2 aliphatic rings. The zero-order valence-corrected chi connectivity index (χ0v) is 13.4. The lowest BCUT2D eigenvalue weighted by atomic mass is 10.1. The molecule has 0 unspecified atom stereocenters. The van der Waals surface area contributed by atoms with Crippen LogP contribution in [0.2, 0.25) is 0 Å². The quantitative estimate of drug-likeness (QED) is 0.799. The Morgan fingerprint density at radius 3 is 2.30 bits per heavy atom. The second-order valence-electron chi connectivity index (χ2n) is 6.10. The summed E-state index contributed by atoms with van der Waals surface area (Å²) >= 11 is 0. The molecule has 2 amide bonds. The number of piperazine rings is 1. The number of hydrogen-bond donors (Lipinski definition) is 0. The van der Waals surface area contributed by atoms with Gasteiger partial charge in [0.1, 0.15) is 5.69 Å². The maximum absolute atomic E-state index is 12.3.